The highest BCUT2D eigenvalue weighted by Gasteiger charge is 2.14. The number of nitrogens with two attached hydrogens (primary N) is 1. The number of esters is 1. The Hall–Kier alpha value is -3.26. The maximum atomic E-state index is 13.1. The van der Waals surface area contributed by atoms with E-state index in [-0.39, 0.29) is 34.9 Å². The lowest BCUT2D eigenvalue weighted by Gasteiger charge is -2.10. The Labute approximate surface area is 159 Å². The van der Waals surface area contributed by atoms with Crippen LogP contribution in [0.3, 0.4) is 0 Å². The van der Waals surface area contributed by atoms with Crippen molar-refractivity contribution in [1.82, 2.24) is 15.0 Å². The summed E-state index contributed by atoms with van der Waals surface area (Å²) in [6.45, 7) is 1.68. The molecule has 0 bridgehead atoms. The molecule has 2 aromatic carbocycles. The zero-order chi connectivity index (χ0) is 19.4. The molecular weight excluding hydrogens is 373 g/mol. The van der Waals surface area contributed by atoms with Gasteiger partial charge in [0, 0.05) is 5.69 Å². The van der Waals surface area contributed by atoms with Gasteiger partial charge in [-0.3, -0.25) is 0 Å². The van der Waals surface area contributed by atoms with Gasteiger partial charge in [-0.25, -0.2) is 9.18 Å². The summed E-state index contributed by atoms with van der Waals surface area (Å²) in [6, 6.07) is 11.0. The Kier molecular flexibility index (Phi) is 5.46. The van der Waals surface area contributed by atoms with Crippen molar-refractivity contribution in [1.29, 1.82) is 0 Å². The van der Waals surface area contributed by atoms with E-state index in [9.17, 15) is 9.18 Å². The first kappa shape index (κ1) is 18.5. The summed E-state index contributed by atoms with van der Waals surface area (Å²) in [5.41, 5.74) is 7.55. The van der Waals surface area contributed by atoms with E-state index in [2.05, 4.69) is 20.3 Å². The third kappa shape index (κ3) is 4.68. The van der Waals surface area contributed by atoms with Gasteiger partial charge in [-0.1, -0.05) is 29.8 Å². The molecule has 27 heavy (non-hydrogen) atoms. The molecule has 3 N–H and O–H groups in total. The van der Waals surface area contributed by atoms with Crippen LogP contribution in [0.5, 0.6) is 0 Å². The summed E-state index contributed by atoms with van der Waals surface area (Å²) in [7, 11) is 0. The minimum Gasteiger partial charge on any atom is -0.454 e. The van der Waals surface area contributed by atoms with Gasteiger partial charge in [-0.2, -0.15) is 15.0 Å². The Bertz CT molecular complexity index is 999. The van der Waals surface area contributed by atoms with E-state index in [1.54, 1.807) is 0 Å². The molecule has 0 fully saturated rings. The lowest BCUT2D eigenvalue weighted by molar-refractivity contribution is 0.0462. The highest BCUT2D eigenvalue weighted by atomic mass is 35.5. The maximum Gasteiger partial charge on any atom is 0.340 e. The van der Waals surface area contributed by atoms with Crippen LogP contribution in [0.4, 0.5) is 22.0 Å². The van der Waals surface area contributed by atoms with Gasteiger partial charge in [0.1, 0.15) is 5.82 Å². The predicted molar refractivity (Wildman–Crippen MR) is 99.2 cm³/mol. The van der Waals surface area contributed by atoms with Crippen molar-refractivity contribution in [3.05, 3.63) is 70.3 Å². The van der Waals surface area contributed by atoms with Gasteiger partial charge in [0.25, 0.3) is 0 Å². The highest BCUT2D eigenvalue weighted by molar-refractivity contribution is 6.33. The van der Waals surface area contributed by atoms with Crippen molar-refractivity contribution in [2.24, 2.45) is 0 Å². The monoisotopic (exact) mass is 387 g/mol. The summed E-state index contributed by atoms with van der Waals surface area (Å²) in [5.74, 6) is -0.916. The lowest BCUT2D eigenvalue weighted by atomic mass is 10.2. The first-order valence-electron chi connectivity index (χ1n) is 7.87. The Balaban J connectivity index is 1.73. The fourth-order valence-electron chi connectivity index (χ4n) is 2.25. The second-order valence-electron chi connectivity index (χ2n) is 5.57. The molecule has 138 valence electrons. The van der Waals surface area contributed by atoms with E-state index in [0.29, 0.717) is 0 Å². The number of hydrogen-bond acceptors (Lipinski definition) is 7. The zero-order valence-electron chi connectivity index (χ0n) is 14.2. The van der Waals surface area contributed by atoms with Crippen molar-refractivity contribution in [2.75, 3.05) is 11.1 Å². The van der Waals surface area contributed by atoms with E-state index in [1.165, 1.54) is 6.07 Å². The largest absolute Gasteiger partial charge is 0.454 e. The number of nitrogens with zero attached hydrogens (tertiary/aromatic N) is 3. The second-order valence-corrected chi connectivity index (χ2v) is 5.98. The molecule has 0 amide bonds. The number of nitrogens with one attached hydrogen (secondary N) is 1. The lowest BCUT2D eigenvalue weighted by Crippen LogP contribution is -2.11. The van der Waals surface area contributed by atoms with E-state index >= 15 is 0 Å². The number of aromatic nitrogens is 3. The minimum absolute atomic E-state index is 0.0213. The molecule has 0 aliphatic rings. The fourth-order valence-corrected chi connectivity index (χ4v) is 2.50. The molecule has 1 aromatic heterocycles. The first-order valence-corrected chi connectivity index (χ1v) is 8.25. The number of para-hydroxylation sites is 1. The molecule has 0 saturated carbocycles. The smallest absolute Gasteiger partial charge is 0.340 e. The summed E-state index contributed by atoms with van der Waals surface area (Å²) in [4.78, 5) is 24.3. The number of nitrogen functional groups attached to an aromatic ring is 1. The molecule has 0 spiro atoms. The number of anilines is 3. The molecule has 0 atom stereocenters. The van der Waals surface area contributed by atoms with E-state index in [0.717, 1.165) is 23.4 Å². The van der Waals surface area contributed by atoms with Crippen LogP contribution in [0.15, 0.2) is 42.5 Å². The average Bonchev–Trinajstić information content (AvgIpc) is 2.61. The van der Waals surface area contributed by atoms with Crippen LogP contribution in [-0.2, 0) is 11.3 Å². The van der Waals surface area contributed by atoms with Crippen LogP contribution in [-0.4, -0.2) is 20.9 Å². The number of carbonyl (C=O) groups is 1. The summed E-state index contributed by atoms with van der Waals surface area (Å²) in [6.07, 6.45) is 0. The molecule has 9 heteroatoms. The van der Waals surface area contributed by atoms with Gasteiger partial charge in [-0.15, -0.1) is 0 Å². The summed E-state index contributed by atoms with van der Waals surface area (Å²) < 4.78 is 18.2. The van der Waals surface area contributed by atoms with Crippen LogP contribution in [0.2, 0.25) is 5.02 Å². The third-order valence-corrected chi connectivity index (χ3v) is 3.89. The number of benzene rings is 2. The highest BCUT2D eigenvalue weighted by Crippen LogP contribution is 2.20. The number of halogens is 2. The van der Waals surface area contributed by atoms with Gasteiger partial charge in [0.05, 0.1) is 10.6 Å². The van der Waals surface area contributed by atoms with Crippen molar-refractivity contribution in [3.8, 4) is 0 Å². The van der Waals surface area contributed by atoms with E-state index in [1.807, 2.05) is 31.2 Å². The van der Waals surface area contributed by atoms with Gasteiger partial charge < -0.3 is 15.8 Å². The standard InChI is InChI=1S/C18H15ClFN5O2/c1-10-4-2-3-5-14(10)22-18-24-15(23-17(21)25-18)9-27-16(26)12-7-6-11(20)8-13(12)19/h2-8H,9H2,1H3,(H3,21,22,23,24,25). The van der Waals surface area contributed by atoms with Gasteiger partial charge in [-0.05, 0) is 36.8 Å². The molecule has 0 unspecified atom stereocenters. The SMILES string of the molecule is Cc1ccccc1Nc1nc(N)nc(COC(=O)c2ccc(F)cc2Cl)n1. The first-order chi connectivity index (χ1) is 12.9. The summed E-state index contributed by atoms with van der Waals surface area (Å²) >= 11 is 5.85. The van der Waals surface area contributed by atoms with E-state index < -0.39 is 11.8 Å². The van der Waals surface area contributed by atoms with Crippen LogP contribution in [0, 0.1) is 12.7 Å². The van der Waals surface area contributed by atoms with E-state index in [4.69, 9.17) is 22.1 Å². The summed E-state index contributed by atoms with van der Waals surface area (Å²) in [5, 5.41) is 3.00. The van der Waals surface area contributed by atoms with Crippen molar-refractivity contribution in [2.45, 2.75) is 13.5 Å². The van der Waals surface area contributed by atoms with Crippen LogP contribution in [0.1, 0.15) is 21.7 Å². The number of ether oxygens (including phenoxy) is 1. The van der Waals surface area contributed by atoms with Crippen LogP contribution >= 0.6 is 11.6 Å². The molecule has 0 saturated heterocycles. The molecule has 1 heterocycles. The minimum atomic E-state index is -0.729. The van der Waals surface area contributed by atoms with Gasteiger partial charge >= 0.3 is 5.97 Å². The zero-order valence-corrected chi connectivity index (χ0v) is 15.0. The number of rotatable bonds is 5. The normalized spacial score (nSPS) is 10.5. The van der Waals surface area contributed by atoms with Crippen molar-refractivity contribution in [3.63, 3.8) is 0 Å². The predicted octanol–water partition coefficient (Wildman–Crippen LogP) is 3.66. The Morgan fingerprint density at radius 1 is 1.22 bits per heavy atom. The number of carbonyl (C=O) groups excluding carboxylic acids is 1. The molecule has 0 aliphatic heterocycles. The number of hydrogen-bond donors (Lipinski definition) is 2. The quantitative estimate of drug-likeness (QED) is 0.644. The van der Waals surface area contributed by atoms with Crippen molar-refractivity contribution >= 4 is 35.2 Å². The molecule has 0 radical (unpaired) electrons. The maximum absolute atomic E-state index is 13.1. The van der Waals surface area contributed by atoms with Crippen molar-refractivity contribution < 1.29 is 13.9 Å². The molecule has 3 aromatic rings. The number of aryl methyl sites for hydroxylation is 1. The third-order valence-electron chi connectivity index (χ3n) is 3.57. The molecule has 3 rings (SSSR count). The fraction of sp³-hybridized carbons (Fsp3) is 0.111. The topological polar surface area (TPSA) is 103 Å². The molecular formula is C18H15ClFN5O2. The molecule has 7 nitrogen and oxygen atoms in total. The van der Waals surface area contributed by atoms with Crippen LogP contribution < -0.4 is 11.1 Å². The second kappa shape index (κ2) is 7.96. The Morgan fingerprint density at radius 3 is 2.74 bits per heavy atom. The average molecular weight is 388 g/mol. The Morgan fingerprint density at radius 2 is 2.00 bits per heavy atom. The van der Waals surface area contributed by atoms with Gasteiger partial charge in [0.15, 0.2) is 12.4 Å². The molecule has 0 aliphatic carbocycles. The van der Waals surface area contributed by atoms with Crippen LogP contribution in [0.25, 0.3) is 0 Å². The van der Waals surface area contributed by atoms with Gasteiger partial charge in [0.2, 0.25) is 11.9 Å².